The van der Waals surface area contributed by atoms with Crippen LogP contribution in [0, 0.1) is 11.8 Å². The van der Waals surface area contributed by atoms with Gasteiger partial charge in [0, 0.05) is 30.3 Å². The average Bonchev–Trinajstić information content (AvgIpc) is 2.99. The molecule has 1 aromatic heterocycles. The first-order valence-corrected chi connectivity index (χ1v) is 9.26. The van der Waals surface area contributed by atoms with E-state index in [1.54, 1.807) is 0 Å². The van der Waals surface area contributed by atoms with E-state index in [1.807, 2.05) is 41.2 Å². The van der Waals surface area contributed by atoms with Crippen molar-refractivity contribution < 1.29 is 9.90 Å². The first-order chi connectivity index (χ1) is 12.2. The summed E-state index contributed by atoms with van der Waals surface area (Å²) >= 11 is 0. The van der Waals surface area contributed by atoms with E-state index >= 15 is 0 Å². The molecule has 0 fully saturated rings. The largest absolute Gasteiger partial charge is 0.481 e. The molecule has 2 rings (SSSR count). The summed E-state index contributed by atoms with van der Waals surface area (Å²) < 4.78 is 1.90. The van der Waals surface area contributed by atoms with Crippen LogP contribution in [0.4, 0.5) is 0 Å². The number of aliphatic carboxylic acids is 1. The third-order valence-electron chi connectivity index (χ3n) is 4.33. The van der Waals surface area contributed by atoms with E-state index in [0.29, 0.717) is 25.4 Å². The fourth-order valence-corrected chi connectivity index (χ4v) is 3.11. The maximum Gasteiger partial charge on any atom is 0.307 e. The van der Waals surface area contributed by atoms with Crippen LogP contribution in [0.15, 0.2) is 36.5 Å². The molecular formula is C21H31N3O2. The first kappa shape index (κ1) is 20.2. The molecule has 0 aliphatic rings. The van der Waals surface area contributed by atoms with E-state index in [0.717, 1.165) is 16.9 Å². The molecule has 2 N–H and O–H groups in total. The minimum atomic E-state index is -0.734. The quantitative estimate of drug-likeness (QED) is 0.749. The Bertz CT molecular complexity index is 715. The number of benzene rings is 1. The average molecular weight is 357 g/mol. The molecular weight excluding hydrogens is 326 g/mol. The second-order valence-corrected chi connectivity index (χ2v) is 8.33. The normalized spacial score (nSPS) is 13.2. The number of aromatic nitrogens is 2. The van der Waals surface area contributed by atoms with E-state index in [-0.39, 0.29) is 11.3 Å². The monoisotopic (exact) mass is 357 g/mol. The summed E-state index contributed by atoms with van der Waals surface area (Å²) in [7, 11) is 0. The van der Waals surface area contributed by atoms with Gasteiger partial charge in [-0.05, 0) is 24.5 Å². The van der Waals surface area contributed by atoms with Crippen LogP contribution in [0.2, 0.25) is 0 Å². The van der Waals surface area contributed by atoms with E-state index < -0.39 is 5.97 Å². The Labute approximate surface area is 156 Å². The molecule has 26 heavy (non-hydrogen) atoms. The lowest BCUT2D eigenvalue weighted by molar-refractivity contribution is -0.142. The van der Waals surface area contributed by atoms with Gasteiger partial charge in [-0.2, -0.15) is 5.10 Å². The molecule has 1 atom stereocenters. The lowest BCUT2D eigenvalue weighted by Crippen LogP contribution is -2.30. The molecule has 0 spiro atoms. The zero-order valence-electron chi connectivity index (χ0n) is 16.5. The predicted molar refractivity (Wildman–Crippen MR) is 105 cm³/mol. The van der Waals surface area contributed by atoms with Crippen LogP contribution in [0.5, 0.6) is 0 Å². The van der Waals surface area contributed by atoms with Gasteiger partial charge < -0.3 is 10.4 Å². The minimum absolute atomic E-state index is 0.0822. The minimum Gasteiger partial charge on any atom is -0.481 e. The van der Waals surface area contributed by atoms with Crippen molar-refractivity contribution >= 4 is 5.97 Å². The number of hydrogen-bond donors (Lipinski definition) is 2. The maximum absolute atomic E-state index is 11.4. The van der Waals surface area contributed by atoms with Crippen LogP contribution in [-0.2, 0) is 16.8 Å². The van der Waals surface area contributed by atoms with Crippen molar-refractivity contribution in [3.8, 4) is 5.69 Å². The van der Waals surface area contributed by atoms with Crippen LogP contribution < -0.4 is 5.32 Å². The molecule has 0 aliphatic heterocycles. The van der Waals surface area contributed by atoms with Gasteiger partial charge in [-0.1, -0.05) is 52.8 Å². The summed E-state index contributed by atoms with van der Waals surface area (Å²) in [6.45, 7) is 11.6. The topological polar surface area (TPSA) is 67.2 Å². The summed E-state index contributed by atoms with van der Waals surface area (Å²) in [5.41, 5.74) is 3.08. The van der Waals surface area contributed by atoms with Gasteiger partial charge in [0.1, 0.15) is 0 Å². The van der Waals surface area contributed by atoms with Crippen LogP contribution in [-0.4, -0.2) is 27.4 Å². The zero-order valence-corrected chi connectivity index (χ0v) is 16.5. The number of para-hydroxylation sites is 1. The summed E-state index contributed by atoms with van der Waals surface area (Å²) in [6, 6.07) is 10.0. The van der Waals surface area contributed by atoms with Gasteiger partial charge in [-0.3, -0.25) is 4.79 Å². The van der Waals surface area contributed by atoms with Crippen LogP contribution in [0.1, 0.15) is 52.3 Å². The molecule has 1 heterocycles. The second kappa shape index (κ2) is 8.49. The highest BCUT2D eigenvalue weighted by Gasteiger charge is 2.23. The third kappa shape index (κ3) is 5.43. The lowest BCUT2D eigenvalue weighted by Gasteiger charge is -2.19. The molecule has 0 amide bonds. The SMILES string of the molecule is CC(C)CC(CNCc1cn(-c2ccccc2)nc1C(C)(C)C)C(=O)O. The zero-order chi connectivity index (χ0) is 19.3. The van der Waals surface area contributed by atoms with Gasteiger partial charge in [0.2, 0.25) is 0 Å². The van der Waals surface area contributed by atoms with Crippen molar-refractivity contribution in [2.45, 2.75) is 53.0 Å². The van der Waals surface area contributed by atoms with Crippen molar-refractivity contribution in [3.63, 3.8) is 0 Å². The van der Waals surface area contributed by atoms with Gasteiger partial charge >= 0.3 is 5.97 Å². The van der Waals surface area contributed by atoms with E-state index in [2.05, 4.69) is 39.9 Å². The van der Waals surface area contributed by atoms with E-state index in [9.17, 15) is 9.90 Å². The highest BCUT2D eigenvalue weighted by atomic mass is 16.4. The number of carboxylic acids is 1. The van der Waals surface area contributed by atoms with Crippen LogP contribution in [0.25, 0.3) is 5.69 Å². The highest BCUT2D eigenvalue weighted by molar-refractivity contribution is 5.70. The molecule has 5 heteroatoms. The Morgan fingerprint density at radius 2 is 1.88 bits per heavy atom. The smallest absolute Gasteiger partial charge is 0.307 e. The third-order valence-corrected chi connectivity index (χ3v) is 4.33. The Morgan fingerprint density at radius 3 is 2.42 bits per heavy atom. The fraction of sp³-hybridized carbons (Fsp3) is 0.524. The van der Waals surface area contributed by atoms with Crippen molar-refractivity contribution in [1.29, 1.82) is 0 Å². The Hall–Kier alpha value is -2.14. The van der Waals surface area contributed by atoms with E-state index in [1.165, 1.54) is 0 Å². The summed E-state index contributed by atoms with van der Waals surface area (Å²) in [4.78, 5) is 11.4. The molecule has 0 saturated heterocycles. The maximum atomic E-state index is 11.4. The Morgan fingerprint density at radius 1 is 1.23 bits per heavy atom. The number of carboxylic acid groups (broad SMARTS) is 1. The highest BCUT2D eigenvalue weighted by Crippen LogP contribution is 2.25. The van der Waals surface area contributed by atoms with Crippen molar-refractivity contribution in [2.24, 2.45) is 11.8 Å². The van der Waals surface area contributed by atoms with Crippen molar-refractivity contribution in [1.82, 2.24) is 15.1 Å². The molecule has 0 bridgehead atoms. The van der Waals surface area contributed by atoms with Crippen molar-refractivity contribution in [3.05, 3.63) is 47.8 Å². The van der Waals surface area contributed by atoms with Gasteiger partial charge in [0.05, 0.1) is 17.3 Å². The fourth-order valence-electron chi connectivity index (χ4n) is 3.11. The van der Waals surface area contributed by atoms with Gasteiger partial charge in [0.15, 0.2) is 0 Å². The molecule has 2 aromatic rings. The van der Waals surface area contributed by atoms with Crippen LogP contribution >= 0.6 is 0 Å². The second-order valence-electron chi connectivity index (χ2n) is 8.33. The van der Waals surface area contributed by atoms with Crippen LogP contribution in [0.3, 0.4) is 0 Å². The predicted octanol–water partition coefficient (Wildman–Crippen LogP) is 4.01. The molecule has 0 radical (unpaired) electrons. The Balaban J connectivity index is 2.15. The number of rotatable bonds is 8. The molecule has 1 aromatic carbocycles. The molecule has 5 nitrogen and oxygen atoms in total. The van der Waals surface area contributed by atoms with Gasteiger partial charge in [-0.15, -0.1) is 0 Å². The number of nitrogens with zero attached hydrogens (tertiary/aromatic N) is 2. The van der Waals surface area contributed by atoms with Gasteiger partial charge in [0.25, 0.3) is 0 Å². The number of hydrogen-bond acceptors (Lipinski definition) is 3. The van der Waals surface area contributed by atoms with E-state index in [4.69, 9.17) is 5.10 Å². The molecule has 0 saturated carbocycles. The lowest BCUT2D eigenvalue weighted by atomic mass is 9.89. The summed E-state index contributed by atoms with van der Waals surface area (Å²) in [5.74, 6) is -0.733. The molecule has 142 valence electrons. The number of carbonyl (C=O) groups is 1. The summed E-state index contributed by atoms with van der Waals surface area (Å²) in [5, 5.41) is 17.5. The standard InChI is InChI=1S/C21H31N3O2/c1-15(2)11-16(20(25)26)12-22-13-17-14-24(18-9-7-6-8-10-18)23-19(17)21(3,4)5/h6-10,14-16,22H,11-13H2,1-5H3,(H,25,26). The molecule has 0 aliphatic carbocycles. The first-order valence-electron chi connectivity index (χ1n) is 9.26. The molecule has 1 unspecified atom stereocenters. The Kier molecular flexibility index (Phi) is 6.59. The summed E-state index contributed by atoms with van der Waals surface area (Å²) in [6.07, 6.45) is 2.72. The van der Waals surface area contributed by atoms with Crippen molar-refractivity contribution in [2.75, 3.05) is 6.54 Å². The van der Waals surface area contributed by atoms with Gasteiger partial charge in [-0.25, -0.2) is 4.68 Å². The number of nitrogens with one attached hydrogen (secondary N) is 1.